The summed E-state index contributed by atoms with van der Waals surface area (Å²) in [6.07, 6.45) is 5.11. The number of halogens is 1. The zero-order valence-electron chi connectivity index (χ0n) is 32.3. The molecular weight excluding hydrogens is 796 g/mol. The second-order valence-electron chi connectivity index (χ2n) is 14.7. The topological polar surface area (TPSA) is 177 Å². The summed E-state index contributed by atoms with van der Waals surface area (Å²) >= 11 is 6.16. The van der Waals surface area contributed by atoms with Gasteiger partial charge < -0.3 is 24.7 Å². The number of hydrogen-bond acceptors (Lipinski definition) is 11. The lowest BCUT2D eigenvalue weighted by Gasteiger charge is -2.37. The number of aryl methyl sites for hydroxylation is 1. The van der Waals surface area contributed by atoms with Crippen LogP contribution in [-0.2, 0) is 28.4 Å². The number of amides is 1. The first-order chi connectivity index (χ1) is 28.5. The van der Waals surface area contributed by atoms with Crippen LogP contribution >= 0.6 is 11.6 Å². The number of nitrogens with zero attached hydrogens (tertiary/aromatic N) is 5. The molecule has 0 bridgehead atoms. The Labute approximate surface area is 346 Å². The third kappa shape index (κ3) is 8.76. The fourth-order valence-electron chi connectivity index (χ4n) is 7.62. The average Bonchev–Trinajstić information content (AvgIpc) is 3.86. The molecule has 6 aromatic rings. The third-order valence-electron chi connectivity index (χ3n) is 10.9. The molecule has 4 aromatic carbocycles. The van der Waals surface area contributed by atoms with E-state index in [1.807, 2.05) is 53.2 Å². The van der Waals surface area contributed by atoms with Crippen LogP contribution in [0.1, 0.15) is 28.9 Å². The van der Waals surface area contributed by atoms with Crippen LogP contribution in [0.25, 0.3) is 22.0 Å². The molecule has 2 fully saturated rings. The van der Waals surface area contributed by atoms with E-state index < -0.39 is 37.2 Å². The molecule has 15 nitrogen and oxygen atoms in total. The number of H-pyrrole nitrogens is 1. The summed E-state index contributed by atoms with van der Waals surface area (Å²) in [7, 11) is -2.88. The molecule has 4 heterocycles. The van der Waals surface area contributed by atoms with E-state index >= 15 is 0 Å². The molecule has 2 saturated heterocycles. The van der Waals surface area contributed by atoms with Crippen molar-refractivity contribution in [3.63, 3.8) is 0 Å². The second kappa shape index (κ2) is 17.1. The van der Waals surface area contributed by atoms with Crippen LogP contribution in [0.5, 0.6) is 11.5 Å². The van der Waals surface area contributed by atoms with Gasteiger partial charge in [-0.15, -0.1) is 0 Å². The van der Waals surface area contributed by atoms with Gasteiger partial charge in [-0.2, -0.15) is 5.10 Å². The maximum absolute atomic E-state index is 14.4. The number of benzene rings is 4. The minimum absolute atomic E-state index is 0.102. The van der Waals surface area contributed by atoms with Gasteiger partial charge >= 0.3 is 5.69 Å². The second-order valence-corrected chi connectivity index (χ2v) is 16.8. The zero-order valence-corrected chi connectivity index (χ0v) is 33.8. The number of piperazine rings is 1. The van der Waals surface area contributed by atoms with E-state index in [9.17, 15) is 23.3 Å². The number of fused-ring (bicyclic) bond motifs is 1. The molecule has 3 N–H and O–H groups in total. The van der Waals surface area contributed by atoms with E-state index in [2.05, 4.69) is 25.0 Å². The minimum Gasteiger partial charge on any atom is -0.449 e. The summed E-state index contributed by atoms with van der Waals surface area (Å²) in [6.45, 7) is 4.06. The number of rotatable bonds is 13. The number of ether oxygens (including phenoxy) is 2. The Hall–Kier alpha value is -5.94. The van der Waals surface area contributed by atoms with Gasteiger partial charge in [0.05, 0.1) is 22.5 Å². The van der Waals surface area contributed by atoms with Gasteiger partial charge in [-0.3, -0.25) is 24.5 Å². The Balaban J connectivity index is 1.18. The molecule has 2 aromatic heterocycles. The van der Waals surface area contributed by atoms with E-state index in [-0.39, 0.29) is 22.9 Å². The highest BCUT2D eigenvalue weighted by molar-refractivity contribution is 7.90. The van der Waals surface area contributed by atoms with Gasteiger partial charge in [-0.1, -0.05) is 41.9 Å². The largest absolute Gasteiger partial charge is 0.449 e. The molecule has 0 unspecified atom stereocenters. The van der Waals surface area contributed by atoms with Crippen LogP contribution in [0.3, 0.4) is 0 Å². The molecule has 0 atom stereocenters. The van der Waals surface area contributed by atoms with Crippen molar-refractivity contribution in [3.05, 3.63) is 124 Å². The van der Waals surface area contributed by atoms with E-state index in [0.717, 1.165) is 40.6 Å². The van der Waals surface area contributed by atoms with Crippen LogP contribution in [0, 0.1) is 16.0 Å². The molecule has 0 saturated carbocycles. The van der Waals surface area contributed by atoms with E-state index in [1.54, 1.807) is 42.6 Å². The Morgan fingerprint density at radius 1 is 1.02 bits per heavy atom. The first-order valence-electron chi connectivity index (χ1n) is 19.3. The normalized spacial score (nSPS) is 15.3. The fourth-order valence-corrected chi connectivity index (χ4v) is 8.87. The van der Waals surface area contributed by atoms with Crippen molar-refractivity contribution < 1.29 is 27.6 Å². The summed E-state index contributed by atoms with van der Waals surface area (Å²) in [5.74, 6) is -1.06. The number of carbonyl (C=O) groups is 1. The van der Waals surface area contributed by atoms with Crippen LogP contribution in [-0.4, -0.2) is 84.9 Å². The predicted octanol–water partition coefficient (Wildman–Crippen LogP) is 7.20. The number of sulfonamides is 1. The summed E-state index contributed by atoms with van der Waals surface area (Å²) in [5, 5.41) is 22.7. The number of nitro groups is 1. The van der Waals surface area contributed by atoms with Gasteiger partial charge in [0.1, 0.15) is 16.3 Å². The lowest BCUT2D eigenvalue weighted by molar-refractivity contribution is -0.384. The number of nitro benzene ring substituents is 1. The van der Waals surface area contributed by atoms with Crippen molar-refractivity contribution in [3.8, 4) is 22.6 Å². The van der Waals surface area contributed by atoms with Crippen molar-refractivity contribution in [2.24, 2.45) is 13.0 Å². The summed E-state index contributed by atoms with van der Waals surface area (Å²) in [5.41, 5.74) is 3.78. The highest BCUT2D eigenvalue weighted by atomic mass is 35.5. The van der Waals surface area contributed by atoms with Gasteiger partial charge in [-0.25, -0.2) is 13.1 Å². The molecule has 0 spiro atoms. The first kappa shape index (κ1) is 39.9. The molecule has 306 valence electrons. The van der Waals surface area contributed by atoms with Crippen molar-refractivity contribution in [2.75, 3.05) is 56.2 Å². The Morgan fingerprint density at radius 2 is 1.76 bits per heavy atom. The van der Waals surface area contributed by atoms with E-state index in [1.165, 1.54) is 18.2 Å². The lowest BCUT2D eigenvalue weighted by atomic mass is 10.00. The molecule has 2 aliphatic heterocycles. The van der Waals surface area contributed by atoms with Crippen LogP contribution in [0.2, 0.25) is 5.02 Å². The van der Waals surface area contributed by atoms with Gasteiger partial charge in [0.2, 0.25) is 5.75 Å². The van der Waals surface area contributed by atoms with Crippen LogP contribution in [0.4, 0.5) is 17.1 Å². The first-order valence-corrected chi connectivity index (χ1v) is 21.2. The zero-order chi connectivity index (χ0) is 41.1. The molecule has 8 rings (SSSR count). The SMILES string of the molecule is Cn1ncc(-c2ccc(Cl)cc2)c1CN1CCN(c2cc(S(=O)(=O)NC(=O)c3ccccc3)c(Oc3ccc4[nH]ccc4c3)c([N+](=O)[O-])c2NCC2CCOCC2)CC1. The predicted molar refractivity (Wildman–Crippen MR) is 226 cm³/mol. The maximum atomic E-state index is 14.4. The Kier molecular flexibility index (Phi) is 11.6. The van der Waals surface area contributed by atoms with Gasteiger partial charge in [-0.05, 0) is 78.9 Å². The molecular formula is C42H43ClN8O7S. The van der Waals surface area contributed by atoms with E-state index in [0.29, 0.717) is 63.2 Å². The number of nitrogens with one attached hydrogen (secondary N) is 3. The fraction of sp³-hybridized carbons (Fsp3) is 0.286. The van der Waals surface area contributed by atoms with Crippen molar-refractivity contribution in [1.82, 2.24) is 24.4 Å². The van der Waals surface area contributed by atoms with Gasteiger partial charge in [0.25, 0.3) is 15.9 Å². The molecule has 0 aliphatic carbocycles. The number of anilines is 2. The molecule has 17 heteroatoms. The highest BCUT2D eigenvalue weighted by Gasteiger charge is 2.38. The van der Waals surface area contributed by atoms with Crippen molar-refractivity contribution >= 4 is 55.5 Å². The summed E-state index contributed by atoms with van der Waals surface area (Å²) in [4.78, 5) is 32.9. The van der Waals surface area contributed by atoms with Crippen molar-refractivity contribution in [2.45, 2.75) is 24.3 Å². The molecule has 2 aliphatic rings. The van der Waals surface area contributed by atoms with Gasteiger partial charge in [0, 0.05) is 92.8 Å². The van der Waals surface area contributed by atoms with Gasteiger partial charge in [0.15, 0.2) is 0 Å². The smallest absolute Gasteiger partial charge is 0.338 e. The maximum Gasteiger partial charge on any atom is 0.338 e. The monoisotopic (exact) mass is 838 g/mol. The summed E-state index contributed by atoms with van der Waals surface area (Å²) in [6, 6.07) is 23.7. The minimum atomic E-state index is -4.78. The molecule has 59 heavy (non-hydrogen) atoms. The highest BCUT2D eigenvalue weighted by Crippen LogP contribution is 2.49. The number of carbonyl (C=O) groups excluding carboxylic acids is 1. The third-order valence-corrected chi connectivity index (χ3v) is 12.5. The number of aromatic amines is 1. The molecule has 0 radical (unpaired) electrons. The van der Waals surface area contributed by atoms with E-state index in [4.69, 9.17) is 21.1 Å². The molecule has 1 amide bonds. The van der Waals surface area contributed by atoms with Crippen LogP contribution in [0.15, 0.2) is 102 Å². The standard InChI is InChI=1S/C42H43ClN8O7S/c1-48-37(34(26-46-48)29-7-9-32(43)10-8-29)27-49-17-19-50(20-18-49)36-24-38(59(55,56)47-42(52)30-5-3-2-4-6-30)41(58-33-11-12-35-31(23-33)13-16-44-35)40(51(53)54)39(36)45-25-28-14-21-57-22-15-28/h2-13,16,23-24,26,28,44-45H,14-15,17-22,25,27H2,1H3,(H,47,52). The Bertz CT molecular complexity index is 2590. The number of aromatic nitrogens is 3. The lowest BCUT2D eigenvalue weighted by Crippen LogP contribution is -2.46. The number of hydrogen-bond donors (Lipinski definition) is 3. The Morgan fingerprint density at radius 3 is 2.49 bits per heavy atom. The van der Waals surface area contributed by atoms with Crippen LogP contribution < -0.4 is 19.7 Å². The quantitative estimate of drug-likeness (QED) is 0.0792. The van der Waals surface area contributed by atoms with Crippen molar-refractivity contribution in [1.29, 1.82) is 0 Å². The summed E-state index contributed by atoms with van der Waals surface area (Å²) < 4.78 is 44.7. The average molecular weight is 839 g/mol.